The minimum Gasteiger partial charge on any atom is -0.308 e. The van der Waals surface area contributed by atoms with Crippen LogP contribution in [-0.4, -0.2) is 60.5 Å². The smallest absolute Gasteiger partial charge is 0.308 e. The highest BCUT2D eigenvalue weighted by atomic mass is 32.1. The molecule has 1 saturated heterocycles. The number of ketones is 1. The summed E-state index contributed by atoms with van der Waals surface area (Å²) in [5.41, 5.74) is 1.75. The maximum absolute atomic E-state index is 15.2. The van der Waals surface area contributed by atoms with Crippen molar-refractivity contribution in [3.05, 3.63) is 76.0 Å². The van der Waals surface area contributed by atoms with Crippen molar-refractivity contribution >= 4 is 32.2 Å². The van der Waals surface area contributed by atoms with E-state index < -0.39 is 32.0 Å². The van der Waals surface area contributed by atoms with Crippen LogP contribution in [0.1, 0.15) is 66.0 Å². The molecule has 0 radical (unpaired) electrons. The highest BCUT2D eigenvalue weighted by Gasteiger charge is 2.57. The Morgan fingerprint density at radius 3 is 2.28 bits per heavy atom. The Morgan fingerprint density at radius 2 is 1.70 bits per heavy atom. The van der Waals surface area contributed by atoms with Crippen LogP contribution in [0.4, 0.5) is 4.39 Å². The molecule has 234 valence electrons. The molecule has 2 heterocycles. The van der Waals surface area contributed by atoms with Crippen molar-refractivity contribution in [2.45, 2.75) is 52.9 Å². The maximum Gasteiger partial charge on any atom is 0.348 e. The third-order valence-electron chi connectivity index (χ3n) is 7.62. The minimum atomic E-state index is -4.05. The summed E-state index contributed by atoms with van der Waals surface area (Å²) in [4.78, 5) is 19.2. The summed E-state index contributed by atoms with van der Waals surface area (Å²) in [6.45, 7) is 10.6. The fourth-order valence-electron chi connectivity index (χ4n) is 5.87. The van der Waals surface area contributed by atoms with E-state index >= 15 is 8.96 Å². The first-order valence-corrected chi connectivity index (χ1v) is 18.6. The number of Topliss-reactive ketones (excluding diaryl/α,β-unsaturated/α-hetero) is 1. The molecule has 0 amide bonds. The molecule has 1 fully saturated rings. The number of aromatic nitrogens is 1. The van der Waals surface area contributed by atoms with Crippen LogP contribution in [0.25, 0.3) is 10.6 Å². The fraction of sp³-hybridized carbons (Fsp3) is 0.484. The number of benzene rings is 2. The molecule has 4 rings (SSSR count). The zero-order chi connectivity index (χ0) is 31.6. The molecule has 0 saturated carbocycles. The molecule has 0 spiro atoms. The third kappa shape index (κ3) is 7.12. The summed E-state index contributed by atoms with van der Waals surface area (Å²) >= 11 is 1.56. The van der Waals surface area contributed by atoms with Gasteiger partial charge in [0.2, 0.25) is 7.44 Å². The summed E-state index contributed by atoms with van der Waals surface area (Å²) in [5.74, 6) is -1.11. The molecule has 1 unspecified atom stereocenters. The predicted molar refractivity (Wildman–Crippen MR) is 172 cm³/mol. The molecule has 1 aliphatic rings. The number of hydrogen-bond donors (Lipinski definition) is 0. The molecule has 3 aromatic rings. The number of thiazole rings is 1. The average Bonchev–Trinajstić information content (AvgIpc) is 3.32. The average molecular weight is 650 g/mol. The summed E-state index contributed by atoms with van der Waals surface area (Å²) in [6.07, 6.45) is 0.376. The highest BCUT2D eigenvalue weighted by Crippen LogP contribution is 2.80. The Balaban J connectivity index is 1.70. The van der Waals surface area contributed by atoms with Crippen LogP contribution in [0.5, 0.6) is 0 Å². The lowest BCUT2D eigenvalue weighted by Gasteiger charge is -2.50. The Hall–Kier alpha value is -2.03. The second kappa shape index (κ2) is 13.5. The summed E-state index contributed by atoms with van der Waals surface area (Å²) in [7, 11) is -4.21. The largest absolute Gasteiger partial charge is 0.348 e. The van der Waals surface area contributed by atoms with Gasteiger partial charge in [0.15, 0.2) is 11.2 Å². The number of aryl methyl sites for hydroxylation is 2. The summed E-state index contributed by atoms with van der Waals surface area (Å²) in [6, 6.07) is 13.8. The lowest BCUT2D eigenvalue weighted by atomic mass is 9.93. The van der Waals surface area contributed by atoms with Crippen LogP contribution < -0.4 is 0 Å². The Morgan fingerprint density at radius 1 is 1.09 bits per heavy atom. The zero-order valence-corrected chi connectivity index (χ0v) is 28.6. The molecule has 8 nitrogen and oxygen atoms in total. The number of carbonyl (C=O) groups excluding carboxylic acids is 1. The van der Waals surface area contributed by atoms with Gasteiger partial charge in [-0.1, -0.05) is 50.2 Å². The molecule has 0 bridgehead atoms. The van der Waals surface area contributed by atoms with Gasteiger partial charge in [0.1, 0.15) is 10.8 Å². The molecule has 0 N–H and O–H groups in total. The van der Waals surface area contributed by atoms with Crippen LogP contribution in [-0.2, 0) is 24.6 Å². The van der Waals surface area contributed by atoms with E-state index in [9.17, 15) is 9.36 Å². The Labute approximate surface area is 258 Å². The quantitative estimate of drug-likeness (QED) is 0.143. The highest BCUT2D eigenvalue weighted by molar-refractivity contribution is 7.74. The van der Waals surface area contributed by atoms with Crippen LogP contribution in [0.2, 0.25) is 0 Å². The molecule has 43 heavy (non-hydrogen) atoms. The lowest BCUT2D eigenvalue weighted by Crippen LogP contribution is -2.47. The topological polar surface area (TPSA) is 89.0 Å². The van der Waals surface area contributed by atoms with Crippen LogP contribution >= 0.6 is 26.4 Å². The Bertz CT molecular complexity index is 1520. The van der Waals surface area contributed by atoms with Gasteiger partial charge in [0.25, 0.3) is 0 Å². The standard InChI is InChI=1S/C31H42FN3O5P2S/c1-8-39-42(38,40-9-2)30(41(37)34(6)20-31(4,5)21-35(41)7)24-15-16-26(32)25(19-24)28(36)18-17-27-22(3)43-29(33-27)23-13-11-10-12-14-23/h10-16,19,30H,8-9,17-18,20-21H2,1-7H3. The van der Waals surface area contributed by atoms with E-state index in [4.69, 9.17) is 14.0 Å². The van der Waals surface area contributed by atoms with Gasteiger partial charge < -0.3 is 9.05 Å². The number of nitrogens with zero attached hydrogens (tertiary/aromatic N) is 3. The van der Waals surface area contributed by atoms with Gasteiger partial charge in [-0.15, -0.1) is 11.3 Å². The van der Waals surface area contributed by atoms with Gasteiger partial charge in [-0.3, -0.25) is 13.9 Å². The molecule has 1 atom stereocenters. The second-order valence-corrected chi connectivity index (χ2v) is 18.5. The third-order valence-corrected chi connectivity index (χ3v) is 15.7. The number of rotatable bonds is 12. The molecule has 2 aromatic carbocycles. The Kier molecular flexibility index (Phi) is 10.7. The first-order valence-electron chi connectivity index (χ1n) is 14.5. The van der Waals surface area contributed by atoms with Crippen molar-refractivity contribution in [3.63, 3.8) is 0 Å². The van der Waals surface area contributed by atoms with Crippen molar-refractivity contribution < 1.29 is 27.4 Å². The van der Waals surface area contributed by atoms with Gasteiger partial charge in [-0.05, 0) is 64.4 Å². The van der Waals surface area contributed by atoms with Gasteiger partial charge in [-0.25, -0.2) is 18.7 Å². The maximum atomic E-state index is 15.2. The van der Waals surface area contributed by atoms with Gasteiger partial charge in [0, 0.05) is 30.0 Å². The van der Waals surface area contributed by atoms with E-state index in [0.717, 1.165) is 21.1 Å². The first kappa shape index (κ1) is 33.9. The van der Waals surface area contributed by atoms with E-state index in [1.165, 1.54) is 18.2 Å². The zero-order valence-electron chi connectivity index (χ0n) is 26.0. The number of halogens is 1. The normalized spacial score (nSPS) is 18.0. The second-order valence-electron chi connectivity index (χ2n) is 11.7. The molecule has 12 heteroatoms. The van der Waals surface area contributed by atoms with Crippen molar-refractivity contribution in [1.29, 1.82) is 0 Å². The van der Waals surface area contributed by atoms with E-state index in [0.29, 0.717) is 19.5 Å². The van der Waals surface area contributed by atoms with Crippen molar-refractivity contribution in [3.8, 4) is 10.6 Å². The van der Waals surface area contributed by atoms with Gasteiger partial charge >= 0.3 is 7.60 Å². The molecule has 1 aliphatic heterocycles. The van der Waals surface area contributed by atoms with E-state index in [1.807, 2.05) is 37.3 Å². The minimum absolute atomic E-state index is 0.0318. The molecular weight excluding hydrogens is 607 g/mol. The number of hydrogen-bond acceptors (Lipinski definition) is 7. The first-order chi connectivity index (χ1) is 20.3. The van der Waals surface area contributed by atoms with Crippen molar-refractivity contribution in [2.75, 3.05) is 40.4 Å². The van der Waals surface area contributed by atoms with Crippen molar-refractivity contribution in [2.24, 2.45) is 5.41 Å². The van der Waals surface area contributed by atoms with Gasteiger partial charge in [-0.2, -0.15) is 0 Å². The van der Waals surface area contributed by atoms with Gasteiger partial charge in [0.05, 0.1) is 24.5 Å². The van der Waals surface area contributed by atoms with Crippen LogP contribution in [0.15, 0.2) is 48.5 Å². The monoisotopic (exact) mass is 649 g/mol. The number of carbonyl (C=O) groups is 1. The van der Waals surface area contributed by atoms with E-state index in [-0.39, 0.29) is 36.2 Å². The van der Waals surface area contributed by atoms with E-state index in [2.05, 4.69) is 13.8 Å². The van der Waals surface area contributed by atoms with Crippen LogP contribution in [0, 0.1) is 18.2 Å². The fourth-order valence-corrected chi connectivity index (χ4v) is 14.4. The molecular formula is C31H42FN3O5P2S. The summed E-state index contributed by atoms with van der Waals surface area (Å²) < 4.78 is 59.7. The molecule has 0 aliphatic carbocycles. The van der Waals surface area contributed by atoms with Crippen LogP contribution in [0.3, 0.4) is 0 Å². The SMILES string of the molecule is CCOP(=O)(OCC)C(c1ccc(F)c(C(=O)CCc2nc(-c3ccccc3)sc2C)c1)P1(=O)N(C)CC(C)(C)CN1C. The summed E-state index contributed by atoms with van der Waals surface area (Å²) in [5, 5.41) is -0.375. The molecule has 1 aromatic heterocycles. The predicted octanol–water partition coefficient (Wildman–Crippen LogP) is 8.43. The lowest BCUT2D eigenvalue weighted by molar-refractivity contribution is 0.0978. The van der Waals surface area contributed by atoms with E-state index in [1.54, 1.807) is 48.6 Å². The van der Waals surface area contributed by atoms with Crippen molar-refractivity contribution in [1.82, 2.24) is 14.3 Å².